The molecule has 0 aliphatic heterocycles. The molecule has 3 rings (SSSR count). The van der Waals surface area contributed by atoms with E-state index in [-0.39, 0.29) is 5.78 Å². The summed E-state index contributed by atoms with van der Waals surface area (Å²) in [6.07, 6.45) is 0. The molecule has 0 fully saturated rings. The molecule has 94 valence electrons. The smallest absolute Gasteiger partial charge is 0.229 e. The average molecular weight is 362 g/mol. The molecular weight excluding hydrogens is 351 g/mol. The van der Waals surface area contributed by atoms with Crippen LogP contribution in [0.4, 0.5) is 0 Å². The molecule has 0 atom stereocenters. The number of aryl methyl sites for hydroxylation is 1. The van der Waals surface area contributed by atoms with Crippen molar-refractivity contribution in [1.29, 1.82) is 0 Å². The molecule has 0 spiro atoms. The molecule has 19 heavy (non-hydrogen) atoms. The van der Waals surface area contributed by atoms with E-state index in [1.165, 1.54) is 0 Å². The topological polar surface area (TPSA) is 30.2 Å². The van der Waals surface area contributed by atoms with Crippen molar-refractivity contribution in [2.45, 2.75) is 6.92 Å². The Morgan fingerprint density at radius 2 is 1.89 bits per heavy atom. The van der Waals surface area contributed by atoms with Gasteiger partial charge >= 0.3 is 0 Å². The van der Waals surface area contributed by atoms with E-state index in [4.69, 9.17) is 4.42 Å². The lowest BCUT2D eigenvalue weighted by Crippen LogP contribution is -2.03. The van der Waals surface area contributed by atoms with Gasteiger partial charge in [0.25, 0.3) is 0 Å². The standard InChI is InChI=1S/C16H11IO2/c1-10-5-4-7-12(15(10)17)16(18)14-9-11-6-2-3-8-13(11)19-14/h2-9H,1H3. The third-order valence-corrected chi connectivity index (χ3v) is 4.52. The first kappa shape index (κ1) is 12.4. The van der Waals surface area contributed by atoms with Crippen molar-refractivity contribution < 1.29 is 9.21 Å². The lowest BCUT2D eigenvalue weighted by atomic mass is 10.1. The van der Waals surface area contributed by atoms with E-state index in [0.29, 0.717) is 11.3 Å². The summed E-state index contributed by atoms with van der Waals surface area (Å²) in [6, 6.07) is 15.2. The number of halogens is 1. The highest BCUT2D eigenvalue weighted by molar-refractivity contribution is 14.1. The number of fused-ring (bicyclic) bond motifs is 1. The van der Waals surface area contributed by atoms with Crippen LogP contribution in [0.2, 0.25) is 0 Å². The Morgan fingerprint density at radius 3 is 2.68 bits per heavy atom. The number of carbonyl (C=O) groups excluding carboxylic acids is 1. The summed E-state index contributed by atoms with van der Waals surface area (Å²) in [5, 5.41) is 0.952. The number of carbonyl (C=O) groups is 1. The van der Waals surface area contributed by atoms with Gasteiger partial charge in [-0.25, -0.2) is 0 Å². The van der Waals surface area contributed by atoms with Gasteiger partial charge in [0.1, 0.15) is 5.58 Å². The summed E-state index contributed by atoms with van der Waals surface area (Å²) in [5.74, 6) is 0.328. The Balaban J connectivity index is 2.11. The fourth-order valence-corrected chi connectivity index (χ4v) is 2.65. The molecule has 0 saturated carbocycles. The summed E-state index contributed by atoms with van der Waals surface area (Å²) in [4.78, 5) is 12.5. The summed E-state index contributed by atoms with van der Waals surface area (Å²) >= 11 is 2.20. The molecule has 0 bridgehead atoms. The van der Waals surface area contributed by atoms with Crippen molar-refractivity contribution in [1.82, 2.24) is 0 Å². The first-order chi connectivity index (χ1) is 9.16. The molecule has 0 aliphatic rings. The first-order valence-corrected chi connectivity index (χ1v) is 7.03. The van der Waals surface area contributed by atoms with Crippen LogP contribution in [0.5, 0.6) is 0 Å². The molecule has 0 radical (unpaired) electrons. The zero-order chi connectivity index (χ0) is 13.4. The van der Waals surface area contributed by atoms with Crippen molar-refractivity contribution in [2.75, 3.05) is 0 Å². The maximum atomic E-state index is 12.5. The summed E-state index contributed by atoms with van der Waals surface area (Å²) < 4.78 is 6.60. The Bertz CT molecular complexity index is 738. The van der Waals surface area contributed by atoms with Crippen molar-refractivity contribution >= 4 is 39.3 Å². The van der Waals surface area contributed by atoms with Crippen LogP contribution in [0.3, 0.4) is 0 Å². The minimum absolute atomic E-state index is 0.0655. The second-order valence-electron chi connectivity index (χ2n) is 4.41. The zero-order valence-electron chi connectivity index (χ0n) is 10.3. The summed E-state index contributed by atoms with van der Waals surface area (Å²) in [6.45, 7) is 2.00. The predicted molar refractivity (Wildman–Crippen MR) is 83.5 cm³/mol. The van der Waals surface area contributed by atoms with E-state index < -0.39 is 0 Å². The number of para-hydroxylation sites is 1. The van der Waals surface area contributed by atoms with Gasteiger partial charge in [-0.2, -0.15) is 0 Å². The first-order valence-electron chi connectivity index (χ1n) is 5.95. The van der Waals surface area contributed by atoms with Crippen LogP contribution in [0.15, 0.2) is 52.9 Å². The molecule has 1 heterocycles. The molecular formula is C16H11IO2. The maximum absolute atomic E-state index is 12.5. The highest BCUT2D eigenvalue weighted by atomic mass is 127. The van der Waals surface area contributed by atoms with Crippen LogP contribution < -0.4 is 0 Å². The molecule has 0 aliphatic carbocycles. The third-order valence-electron chi connectivity index (χ3n) is 3.09. The Morgan fingerprint density at radius 1 is 1.11 bits per heavy atom. The monoisotopic (exact) mass is 362 g/mol. The van der Waals surface area contributed by atoms with Gasteiger partial charge in [0.05, 0.1) is 0 Å². The lowest BCUT2D eigenvalue weighted by Gasteiger charge is -2.03. The van der Waals surface area contributed by atoms with Gasteiger partial charge in [0.15, 0.2) is 5.76 Å². The average Bonchev–Trinajstić information content (AvgIpc) is 2.85. The van der Waals surface area contributed by atoms with Crippen LogP contribution in [0.25, 0.3) is 11.0 Å². The van der Waals surface area contributed by atoms with Gasteiger partial charge in [-0.05, 0) is 53.3 Å². The van der Waals surface area contributed by atoms with Gasteiger partial charge in [-0.1, -0.05) is 30.3 Å². The highest BCUT2D eigenvalue weighted by Gasteiger charge is 2.17. The van der Waals surface area contributed by atoms with Gasteiger partial charge < -0.3 is 4.42 Å². The normalized spacial score (nSPS) is 10.8. The molecule has 0 amide bonds. The number of ketones is 1. The summed E-state index contributed by atoms with van der Waals surface area (Å²) in [7, 11) is 0. The van der Waals surface area contributed by atoms with Crippen molar-refractivity contribution in [3.8, 4) is 0 Å². The van der Waals surface area contributed by atoms with Crippen LogP contribution >= 0.6 is 22.6 Å². The molecule has 0 N–H and O–H groups in total. The largest absolute Gasteiger partial charge is 0.453 e. The van der Waals surface area contributed by atoms with Crippen LogP contribution in [-0.2, 0) is 0 Å². The number of rotatable bonds is 2. The lowest BCUT2D eigenvalue weighted by molar-refractivity contribution is 0.101. The predicted octanol–water partition coefficient (Wildman–Crippen LogP) is 4.58. The SMILES string of the molecule is Cc1cccc(C(=O)c2cc3ccccc3o2)c1I. The van der Waals surface area contributed by atoms with E-state index >= 15 is 0 Å². The Hall–Kier alpha value is -1.62. The summed E-state index contributed by atoms with van der Waals surface area (Å²) in [5.41, 5.74) is 2.54. The number of hydrogen-bond donors (Lipinski definition) is 0. The second kappa shape index (κ2) is 4.81. The highest BCUT2D eigenvalue weighted by Crippen LogP contribution is 2.24. The van der Waals surface area contributed by atoms with Crippen molar-refractivity contribution in [2.24, 2.45) is 0 Å². The van der Waals surface area contributed by atoms with Crippen LogP contribution in [0.1, 0.15) is 21.7 Å². The number of hydrogen-bond acceptors (Lipinski definition) is 2. The van der Waals surface area contributed by atoms with E-state index in [1.54, 1.807) is 6.07 Å². The Kier molecular flexibility index (Phi) is 3.14. The zero-order valence-corrected chi connectivity index (χ0v) is 12.5. The molecule has 2 aromatic carbocycles. The molecule has 2 nitrogen and oxygen atoms in total. The molecule has 3 aromatic rings. The van der Waals surface area contributed by atoms with Gasteiger partial charge in [-0.15, -0.1) is 0 Å². The maximum Gasteiger partial charge on any atom is 0.229 e. The van der Waals surface area contributed by atoms with E-state index in [9.17, 15) is 4.79 Å². The molecule has 0 unspecified atom stereocenters. The van der Waals surface area contributed by atoms with Crippen LogP contribution in [0, 0.1) is 10.5 Å². The fraction of sp³-hybridized carbons (Fsp3) is 0.0625. The van der Waals surface area contributed by atoms with Crippen LogP contribution in [-0.4, -0.2) is 5.78 Å². The minimum atomic E-state index is -0.0655. The fourth-order valence-electron chi connectivity index (χ4n) is 2.05. The molecule has 0 saturated heterocycles. The number of benzene rings is 2. The second-order valence-corrected chi connectivity index (χ2v) is 5.49. The van der Waals surface area contributed by atoms with E-state index in [1.807, 2.05) is 49.4 Å². The van der Waals surface area contributed by atoms with E-state index in [0.717, 1.165) is 20.1 Å². The van der Waals surface area contributed by atoms with E-state index in [2.05, 4.69) is 22.6 Å². The molecule has 3 heteroatoms. The number of furan rings is 1. The quantitative estimate of drug-likeness (QED) is 0.494. The van der Waals surface area contributed by atoms with Gasteiger partial charge in [0.2, 0.25) is 5.78 Å². The minimum Gasteiger partial charge on any atom is -0.453 e. The van der Waals surface area contributed by atoms with Gasteiger partial charge in [0, 0.05) is 14.5 Å². The molecule has 1 aromatic heterocycles. The van der Waals surface area contributed by atoms with Crippen molar-refractivity contribution in [3.05, 3.63) is 69.0 Å². The Labute approximate surface area is 124 Å². The van der Waals surface area contributed by atoms with Crippen molar-refractivity contribution in [3.63, 3.8) is 0 Å². The van der Waals surface area contributed by atoms with Gasteiger partial charge in [-0.3, -0.25) is 4.79 Å². The third kappa shape index (κ3) is 2.18.